The minimum atomic E-state index is -1.54. The molecular formula is C20H23N3O6. The number of nitrogens with zero attached hydrogens (tertiary/aromatic N) is 3. The van der Waals surface area contributed by atoms with Gasteiger partial charge in [0.1, 0.15) is 0 Å². The molecule has 1 spiro atoms. The van der Waals surface area contributed by atoms with Crippen LogP contribution in [0.15, 0.2) is 34.9 Å². The zero-order chi connectivity index (χ0) is 20.5. The van der Waals surface area contributed by atoms with Crippen LogP contribution in [0.25, 0.3) is 0 Å². The van der Waals surface area contributed by atoms with Gasteiger partial charge in [0.05, 0.1) is 18.4 Å². The molecule has 9 nitrogen and oxygen atoms in total. The Kier molecular flexibility index (Phi) is 5.10. The summed E-state index contributed by atoms with van der Waals surface area (Å²) >= 11 is 0. The molecule has 0 aliphatic carbocycles. The SMILES string of the molecule is CCOCCN1CCC(c2ccccc2)(c2nc(C)no2)CC12OC(=O)C(=O)O2. The van der Waals surface area contributed by atoms with Crippen molar-refractivity contribution in [2.24, 2.45) is 0 Å². The van der Waals surface area contributed by atoms with Crippen LogP contribution in [0.3, 0.4) is 0 Å². The number of hydrogen-bond donors (Lipinski definition) is 0. The molecule has 0 amide bonds. The van der Waals surface area contributed by atoms with Crippen molar-refractivity contribution in [3.8, 4) is 0 Å². The van der Waals surface area contributed by atoms with Crippen LogP contribution in [0.1, 0.15) is 37.0 Å². The number of aromatic nitrogens is 2. The lowest BCUT2D eigenvalue weighted by Crippen LogP contribution is -2.60. The standard InChI is InChI=1S/C20H23N3O6/c1-3-26-12-11-23-10-9-19(15-7-5-4-6-8-15,18-21-14(2)22-29-18)13-20(23)27-16(24)17(25)28-20/h4-8H,3,9-13H2,1-2H3. The predicted octanol–water partition coefficient (Wildman–Crippen LogP) is 1.55. The molecule has 1 aromatic carbocycles. The maximum atomic E-state index is 12.0. The summed E-state index contributed by atoms with van der Waals surface area (Å²) in [5, 5.41) is 3.95. The third kappa shape index (κ3) is 3.40. The molecule has 1 aromatic heterocycles. The number of ether oxygens (including phenoxy) is 3. The molecule has 4 rings (SSSR count). The highest BCUT2D eigenvalue weighted by molar-refractivity contribution is 6.31. The van der Waals surface area contributed by atoms with E-state index in [1.54, 1.807) is 6.92 Å². The van der Waals surface area contributed by atoms with Crippen molar-refractivity contribution in [2.45, 2.75) is 38.0 Å². The number of piperidine rings is 1. The lowest BCUT2D eigenvalue weighted by molar-refractivity contribution is -0.275. The number of esters is 2. The molecule has 1 unspecified atom stereocenters. The van der Waals surface area contributed by atoms with E-state index in [1.165, 1.54) is 0 Å². The van der Waals surface area contributed by atoms with Gasteiger partial charge in [0.25, 0.3) is 0 Å². The average molecular weight is 401 g/mol. The molecule has 0 radical (unpaired) electrons. The maximum Gasteiger partial charge on any atom is 0.421 e. The predicted molar refractivity (Wildman–Crippen MR) is 98.5 cm³/mol. The molecule has 3 heterocycles. The smallest absolute Gasteiger partial charge is 0.400 e. The largest absolute Gasteiger partial charge is 0.421 e. The second-order valence-electron chi connectivity index (χ2n) is 7.20. The summed E-state index contributed by atoms with van der Waals surface area (Å²) in [6.45, 7) is 5.56. The topological polar surface area (TPSA) is 104 Å². The van der Waals surface area contributed by atoms with Gasteiger partial charge in [-0.3, -0.25) is 0 Å². The Morgan fingerprint density at radius 3 is 2.52 bits per heavy atom. The Hall–Kier alpha value is -2.78. The first-order valence-electron chi connectivity index (χ1n) is 9.64. The van der Waals surface area contributed by atoms with Crippen LogP contribution in [-0.4, -0.2) is 59.2 Å². The van der Waals surface area contributed by atoms with Crippen LogP contribution in [0.5, 0.6) is 0 Å². The first-order valence-corrected chi connectivity index (χ1v) is 9.64. The average Bonchev–Trinajstić information content (AvgIpc) is 3.27. The molecule has 0 bridgehead atoms. The van der Waals surface area contributed by atoms with E-state index in [1.807, 2.05) is 42.2 Å². The third-order valence-corrected chi connectivity index (χ3v) is 5.46. The number of hydrogen-bond acceptors (Lipinski definition) is 9. The Balaban J connectivity index is 1.76. The van der Waals surface area contributed by atoms with Gasteiger partial charge in [-0.1, -0.05) is 35.5 Å². The number of carbonyl (C=O) groups is 2. The number of carbonyl (C=O) groups excluding carboxylic acids is 2. The van der Waals surface area contributed by atoms with Gasteiger partial charge in [-0.15, -0.1) is 0 Å². The van der Waals surface area contributed by atoms with Crippen LogP contribution in [-0.2, 0) is 29.2 Å². The molecule has 2 saturated heterocycles. The quantitative estimate of drug-likeness (QED) is 0.405. The number of benzene rings is 1. The lowest BCUT2D eigenvalue weighted by atomic mass is 9.71. The zero-order valence-corrected chi connectivity index (χ0v) is 16.4. The van der Waals surface area contributed by atoms with Crippen molar-refractivity contribution in [3.63, 3.8) is 0 Å². The fraction of sp³-hybridized carbons (Fsp3) is 0.500. The molecule has 9 heteroatoms. The van der Waals surface area contributed by atoms with E-state index in [2.05, 4.69) is 10.1 Å². The molecule has 1 atom stereocenters. The van der Waals surface area contributed by atoms with Crippen molar-refractivity contribution in [1.82, 2.24) is 15.0 Å². The Morgan fingerprint density at radius 1 is 1.17 bits per heavy atom. The van der Waals surface area contributed by atoms with Gasteiger partial charge in [0, 0.05) is 19.7 Å². The lowest BCUT2D eigenvalue weighted by Gasteiger charge is -2.47. The minimum absolute atomic E-state index is 0.148. The zero-order valence-electron chi connectivity index (χ0n) is 16.4. The van der Waals surface area contributed by atoms with E-state index in [0.717, 1.165) is 5.56 Å². The molecule has 2 fully saturated rings. The van der Waals surface area contributed by atoms with Crippen molar-refractivity contribution < 1.29 is 28.3 Å². The van der Waals surface area contributed by atoms with Gasteiger partial charge in [-0.25, -0.2) is 14.5 Å². The van der Waals surface area contributed by atoms with Gasteiger partial charge < -0.3 is 18.7 Å². The molecule has 0 N–H and O–H groups in total. The third-order valence-electron chi connectivity index (χ3n) is 5.46. The first kappa shape index (κ1) is 19.5. The highest BCUT2D eigenvalue weighted by Crippen LogP contribution is 2.49. The van der Waals surface area contributed by atoms with E-state index in [-0.39, 0.29) is 6.42 Å². The fourth-order valence-corrected chi connectivity index (χ4v) is 4.08. The Bertz CT molecular complexity index is 883. The minimum Gasteiger partial charge on any atom is -0.400 e. The van der Waals surface area contributed by atoms with E-state index >= 15 is 0 Å². The Labute approximate surface area is 167 Å². The van der Waals surface area contributed by atoms with Gasteiger partial charge in [-0.2, -0.15) is 4.98 Å². The summed E-state index contributed by atoms with van der Waals surface area (Å²) < 4.78 is 22.1. The van der Waals surface area contributed by atoms with E-state index in [4.69, 9.17) is 18.7 Å². The van der Waals surface area contributed by atoms with E-state index in [9.17, 15) is 9.59 Å². The molecule has 29 heavy (non-hydrogen) atoms. The molecule has 2 aliphatic heterocycles. The normalized spacial score (nSPS) is 23.9. The molecular weight excluding hydrogens is 378 g/mol. The van der Waals surface area contributed by atoms with E-state index < -0.39 is 23.3 Å². The second kappa shape index (κ2) is 7.57. The molecule has 2 aliphatic rings. The first-order chi connectivity index (χ1) is 14.0. The summed E-state index contributed by atoms with van der Waals surface area (Å²) in [5.41, 5.74) is 0.154. The van der Waals surface area contributed by atoms with Gasteiger partial charge >= 0.3 is 17.8 Å². The van der Waals surface area contributed by atoms with Gasteiger partial charge in [0.15, 0.2) is 5.82 Å². The summed E-state index contributed by atoms with van der Waals surface area (Å²) in [5.74, 6) is -2.64. The number of aryl methyl sites for hydroxylation is 1. The molecule has 2 aromatic rings. The summed E-state index contributed by atoms with van der Waals surface area (Å²) in [4.78, 5) is 30.3. The Morgan fingerprint density at radius 2 is 1.90 bits per heavy atom. The summed E-state index contributed by atoms with van der Waals surface area (Å²) in [7, 11) is 0. The van der Waals surface area contributed by atoms with Crippen molar-refractivity contribution in [1.29, 1.82) is 0 Å². The van der Waals surface area contributed by atoms with Crippen LogP contribution in [0.2, 0.25) is 0 Å². The van der Waals surface area contributed by atoms with Crippen LogP contribution < -0.4 is 0 Å². The summed E-state index contributed by atoms with van der Waals surface area (Å²) in [6, 6.07) is 9.67. The highest BCUT2D eigenvalue weighted by Gasteiger charge is 2.62. The van der Waals surface area contributed by atoms with Gasteiger partial charge in [-0.05, 0) is 25.8 Å². The maximum absolute atomic E-state index is 12.0. The van der Waals surface area contributed by atoms with Gasteiger partial charge in [0.2, 0.25) is 5.89 Å². The monoisotopic (exact) mass is 401 g/mol. The molecule has 154 valence electrons. The number of rotatable bonds is 6. The van der Waals surface area contributed by atoms with Crippen molar-refractivity contribution >= 4 is 11.9 Å². The fourth-order valence-electron chi connectivity index (χ4n) is 4.08. The summed E-state index contributed by atoms with van der Waals surface area (Å²) in [6.07, 6.45) is 0.761. The molecule has 0 saturated carbocycles. The van der Waals surface area contributed by atoms with Crippen LogP contribution in [0.4, 0.5) is 0 Å². The van der Waals surface area contributed by atoms with Crippen molar-refractivity contribution in [3.05, 3.63) is 47.6 Å². The van der Waals surface area contributed by atoms with E-state index in [0.29, 0.717) is 44.4 Å². The van der Waals surface area contributed by atoms with Crippen LogP contribution in [0, 0.1) is 6.92 Å². The second-order valence-corrected chi connectivity index (χ2v) is 7.20. The van der Waals surface area contributed by atoms with Crippen molar-refractivity contribution in [2.75, 3.05) is 26.3 Å². The van der Waals surface area contributed by atoms with Crippen LogP contribution >= 0.6 is 0 Å². The highest BCUT2D eigenvalue weighted by atomic mass is 16.8. The number of likely N-dealkylation sites (tertiary alicyclic amines) is 1.